The number of aromatic amines is 1. The molecule has 3 aromatic heterocycles. The van der Waals surface area contributed by atoms with Crippen molar-refractivity contribution < 1.29 is 8.91 Å². The predicted octanol–water partition coefficient (Wildman–Crippen LogP) is 6.04. The maximum absolute atomic E-state index is 13.4. The number of hydrogen-bond acceptors (Lipinski definition) is 6. The van der Waals surface area contributed by atoms with Crippen molar-refractivity contribution in [3.63, 3.8) is 0 Å². The minimum Gasteiger partial charge on any atom is -0.361 e. The van der Waals surface area contributed by atoms with E-state index in [2.05, 4.69) is 46.4 Å². The first-order chi connectivity index (χ1) is 21.4. The Morgan fingerprint density at radius 3 is 2.75 bits per heavy atom. The fraction of sp³-hybridized carbons (Fsp3) is 0.457. The summed E-state index contributed by atoms with van der Waals surface area (Å²) in [6, 6.07) is 13.2. The summed E-state index contributed by atoms with van der Waals surface area (Å²) in [5.74, 6) is 0.974. The Morgan fingerprint density at radius 1 is 1.11 bits per heavy atom. The number of aromatic nitrogens is 4. The van der Waals surface area contributed by atoms with Crippen LogP contribution in [0.1, 0.15) is 73.3 Å². The summed E-state index contributed by atoms with van der Waals surface area (Å²) < 4.78 is 20.6. The number of nitrogens with zero attached hydrogens (tertiary/aromatic N) is 4. The second-order valence-electron chi connectivity index (χ2n) is 12.3. The number of para-hydroxylation sites is 1. The zero-order valence-electron chi connectivity index (χ0n) is 25.8. The molecule has 1 saturated heterocycles. The SMILES string of the molecule is CCC(N)Cc1c[nH]c2ccccc12.Cc1nc2n(c(=O)c1CCN1CCC(c3noc4cc(F)ccc34)CC1)CCCC2. The van der Waals surface area contributed by atoms with Crippen molar-refractivity contribution in [1.82, 2.24) is 24.6 Å². The number of halogens is 1. The van der Waals surface area contributed by atoms with E-state index in [1.165, 1.54) is 28.6 Å². The van der Waals surface area contributed by atoms with E-state index < -0.39 is 0 Å². The van der Waals surface area contributed by atoms with Gasteiger partial charge in [0.25, 0.3) is 5.56 Å². The van der Waals surface area contributed by atoms with Crippen molar-refractivity contribution in [2.45, 2.75) is 83.7 Å². The van der Waals surface area contributed by atoms with Crippen LogP contribution in [0, 0.1) is 12.7 Å². The molecule has 5 aromatic rings. The summed E-state index contributed by atoms with van der Waals surface area (Å²) in [7, 11) is 0. The summed E-state index contributed by atoms with van der Waals surface area (Å²) in [4.78, 5) is 23.3. The van der Waals surface area contributed by atoms with Gasteiger partial charge in [-0.25, -0.2) is 9.37 Å². The normalized spacial score (nSPS) is 16.5. The Balaban J connectivity index is 0.000000205. The maximum atomic E-state index is 13.4. The van der Waals surface area contributed by atoms with Crippen molar-refractivity contribution in [2.24, 2.45) is 5.73 Å². The first kappa shape index (κ1) is 30.2. The molecule has 3 N–H and O–H groups in total. The third-order valence-electron chi connectivity index (χ3n) is 9.38. The summed E-state index contributed by atoms with van der Waals surface area (Å²) >= 11 is 0. The zero-order chi connectivity index (χ0) is 30.6. The van der Waals surface area contributed by atoms with E-state index in [9.17, 15) is 9.18 Å². The summed E-state index contributed by atoms with van der Waals surface area (Å²) in [5, 5.41) is 6.45. The second kappa shape index (κ2) is 13.4. The molecule has 44 heavy (non-hydrogen) atoms. The Hall–Kier alpha value is -3.82. The maximum Gasteiger partial charge on any atom is 0.256 e. The molecular weight excluding hydrogens is 555 g/mol. The van der Waals surface area contributed by atoms with Crippen molar-refractivity contribution in [1.29, 1.82) is 0 Å². The topological polar surface area (TPSA) is 106 Å². The van der Waals surface area contributed by atoms with E-state index in [1.807, 2.05) is 17.6 Å². The van der Waals surface area contributed by atoms with Gasteiger partial charge in [0.1, 0.15) is 11.6 Å². The smallest absolute Gasteiger partial charge is 0.256 e. The van der Waals surface area contributed by atoms with Gasteiger partial charge < -0.3 is 20.1 Å². The molecule has 2 aromatic carbocycles. The lowest BCUT2D eigenvalue weighted by atomic mass is 9.91. The molecule has 2 aliphatic rings. The monoisotopic (exact) mass is 598 g/mol. The number of nitrogens with two attached hydrogens (primary N) is 1. The molecule has 0 aliphatic carbocycles. The van der Waals surface area contributed by atoms with E-state index in [4.69, 9.17) is 15.2 Å². The summed E-state index contributed by atoms with van der Waals surface area (Å²) in [6.45, 7) is 7.68. The summed E-state index contributed by atoms with van der Waals surface area (Å²) in [6.07, 6.45) is 9.87. The Kier molecular flexibility index (Phi) is 9.23. The van der Waals surface area contributed by atoms with Crippen LogP contribution >= 0.6 is 0 Å². The number of hydrogen-bond donors (Lipinski definition) is 2. The van der Waals surface area contributed by atoms with E-state index in [1.54, 1.807) is 6.07 Å². The van der Waals surface area contributed by atoms with E-state index in [-0.39, 0.29) is 17.4 Å². The Labute approximate surface area is 257 Å². The molecule has 1 unspecified atom stereocenters. The van der Waals surface area contributed by atoms with Crippen LogP contribution in [-0.4, -0.2) is 50.3 Å². The second-order valence-corrected chi connectivity index (χ2v) is 12.3. The third-order valence-corrected chi connectivity index (χ3v) is 9.38. The molecule has 0 amide bonds. The van der Waals surface area contributed by atoms with Gasteiger partial charge in [-0.15, -0.1) is 0 Å². The van der Waals surface area contributed by atoms with Crippen molar-refractivity contribution in [2.75, 3.05) is 19.6 Å². The van der Waals surface area contributed by atoms with Crippen molar-refractivity contribution in [3.05, 3.63) is 93.2 Å². The molecule has 8 nitrogen and oxygen atoms in total. The largest absolute Gasteiger partial charge is 0.361 e. The van der Waals surface area contributed by atoms with Crippen LogP contribution in [0.5, 0.6) is 0 Å². The number of rotatable bonds is 7. The van der Waals surface area contributed by atoms with Crippen LogP contribution in [0.3, 0.4) is 0 Å². The molecule has 0 saturated carbocycles. The molecule has 2 aliphatic heterocycles. The molecule has 232 valence electrons. The third kappa shape index (κ3) is 6.49. The lowest BCUT2D eigenvalue weighted by Gasteiger charge is -2.31. The average molecular weight is 599 g/mol. The number of piperidine rings is 1. The number of likely N-dealkylation sites (tertiary alicyclic amines) is 1. The van der Waals surface area contributed by atoms with Gasteiger partial charge in [0.2, 0.25) is 0 Å². The first-order valence-electron chi connectivity index (χ1n) is 16.1. The minimum atomic E-state index is -0.303. The highest BCUT2D eigenvalue weighted by atomic mass is 19.1. The molecule has 5 heterocycles. The first-order valence-corrected chi connectivity index (χ1v) is 16.1. The molecule has 7 rings (SSSR count). The quantitative estimate of drug-likeness (QED) is 0.237. The van der Waals surface area contributed by atoms with Crippen LogP contribution in [0.4, 0.5) is 4.39 Å². The van der Waals surface area contributed by atoms with Crippen LogP contribution < -0.4 is 11.3 Å². The fourth-order valence-electron chi connectivity index (χ4n) is 6.67. The Bertz CT molecular complexity index is 1780. The fourth-order valence-corrected chi connectivity index (χ4v) is 6.67. The Morgan fingerprint density at radius 2 is 1.93 bits per heavy atom. The van der Waals surface area contributed by atoms with Gasteiger partial charge in [-0.1, -0.05) is 30.3 Å². The van der Waals surface area contributed by atoms with E-state index in [0.717, 1.165) is 106 Å². The van der Waals surface area contributed by atoms with Crippen LogP contribution in [0.25, 0.3) is 21.9 Å². The molecule has 0 bridgehead atoms. The lowest BCUT2D eigenvalue weighted by molar-refractivity contribution is 0.211. The van der Waals surface area contributed by atoms with Gasteiger partial charge in [-0.3, -0.25) is 9.36 Å². The van der Waals surface area contributed by atoms with Crippen molar-refractivity contribution >= 4 is 21.9 Å². The van der Waals surface area contributed by atoms with E-state index in [0.29, 0.717) is 11.5 Å². The standard InChI is InChI=1S/C23H27FN4O2.C12H16N2/c1-15-18(23(29)28-10-3-2-4-21(28)25-15)9-13-27-11-7-16(8-12-27)22-19-6-5-17(24)14-20(19)30-26-22;1-2-10(13)7-9-8-14-12-6-4-3-5-11(9)12/h5-6,14,16H,2-4,7-13H2,1H3;3-6,8,10,14H,2,7,13H2,1H3. The van der Waals surface area contributed by atoms with Gasteiger partial charge in [-0.2, -0.15) is 0 Å². The highest BCUT2D eigenvalue weighted by Crippen LogP contribution is 2.32. The van der Waals surface area contributed by atoms with Gasteiger partial charge in [-0.05, 0) is 88.7 Å². The van der Waals surface area contributed by atoms with Crippen LogP contribution in [0.15, 0.2) is 58.0 Å². The number of H-pyrrole nitrogens is 1. The predicted molar refractivity (Wildman–Crippen MR) is 173 cm³/mol. The highest BCUT2D eigenvalue weighted by molar-refractivity contribution is 5.83. The molecule has 1 atom stereocenters. The number of fused-ring (bicyclic) bond motifs is 3. The van der Waals surface area contributed by atoms with Crippen molar-refractivity contribution in [3.8, 4) is 0 Å². The molecule has 9 heteroatoms. The molecular formula is C35H43FN6O2. The zero-order valence-corrected chi connectivity index (χ0v) is 25.8. The molecule has 1 fully saturated rings. The van der Waals surface area contributed by atoms with Gasteiger partial charge in [0, 0.05) is 71.3 Å². The van der Waals surface area contributed by atoms with Gasteiger partial charge in [0.05, 0.1) is 5.69 Å². The van der Waals surface area contributed by atoms with Crippen LogP contribution in [-0.2, 0) is 25.8 Å². The molecule has 0 spiro atoms. The number of nitrogens with one attached hydrogen (secondary N) is 1. The highest BCUT2D eigenvalue weighted by Gasteiger charge is 2.26. The van der Waals surface area contributed by atoms with Gasteiger partial charge >= 0.3 is 0 Å². The number of benzene rings is 2. The minimum absolute atomic E-state index is 0.161. The number of aryl methyl sites for hydroxylation is 2. The summed E-state index contributed by atoms with van der Waals surface area (Å²) in [5.41, 5.74) is 11.9. The lowest BCUT2D eigenvalue weighted by Crippen LogP contribution is -2.37. The average Bonchev–Trinajstić information content (AvgIpc) is 3.65. The molecule has 0 radical (unpaired) electrons. The van der Waals surface area contributed by atoms with E-state index >= 15 is 0 Å². The van der Waals surface area contributed by atoms with Gasteiger partial charge in [0.15, 0.2) is 5.58 Å². The van der Waals surface area contributed by atoms with Crippen LogP contribution in [0.2, 0.25) is 0 Å².